The van der Waals surface area contributed by atoms with E-state index in [0.29, 0.717) is 24.9 Å². The number of rotatable bonds is 1. The van der Waals surface area contributed by atoms with E-state index >= 15 is 0 Å². The molecule has 0 N–H and O–H groups in total. The molecule has 1 saturated heterocycles. The highest BCUT2D eigenvalue weighted by Crippen LogP contribution is 2.44. The van der Waals surface area contributed by atoms with Gasteiger partial charge in [0.25, 0.3) is 0 Å². The van der Waals surface area contributed by atoms with Crippen LogP contribution in [0.3, 0.4) is 0 Å². The van der Waals surface area contributed by atoms with Gasteiger partial charge in [0.05, 0.1) is 20.1 Å². The monoisotopic (exact) mass is 339 g/mol. The summed E-state index contributed by atoms with van der Waals surface area (Å²) in [6, 6.07) is 14.8. The van der Waals surface area contributed by atoms with Crippen LogP contribution in [0.5, 0.6) is 0 Å². The van der Waals surface area contributed by atoms with Gasteiger partial charge in [0.2, 0.25) is 0 Å². The average Bonchev–Trinajstić information content (AvgIpc) is 2.72. The predicted molar refractivity (Wildman–Crippen MR) is 101 cm³/mol. The van der Waals surface area contributed by atoms with Crippen LogP contribution in [0, 0.1) is 11.1 Å². The van der Waals surface area contributed by atoms with Gasteiger partial charge in [0.15, 0.2) is 0 Å². The largest absolute Gasteiger partial charge is 0.633 e. The summed E-state index contributed by atoms with van der Waals surface area (Å²) < 4.78 is -0.106. The zero-order chi connectivity index (χ0) is 16.7. The van der Waals surface area contributed by atoms with Crippen LogP contribution >= 0.6 is 11.6 Å². The van der Waals surface area contributed by atoms with Crippen molar-refractivity contribution in [2.75, 3.05) is 20.1 Å². The number of fused-ring (bicyclic) bond motifs is 2. The molecule has 0 amide bonds. The molecule has 0 aromatic heterocycles. The van der Waals surface area contributed by atoms with Crippen molar-refractivity contribution in [2.45, 2.75) is 18.8 Å². The lowest BCUT2D eigenvalue weighted by atomic mass is 9.74. The molecule has 3 heteroatoms. The maximum atomic E-state index is 12.3. The number of hydrogen-bond acceptors (Lipinski definition) is 1. The number of halogens is 1. The summed E-state index contributed by atoms with van der Waals surface area (Å²) in [6.07, 6.45) is 6.33. The van der Waals surface area contributed by atoms with Crippen molar-refractivity contribution in [2.24, 2.45) is 5.92 Å². The number of benzene rings is 2. The molecule has 0 bridgehead atoms. The molecule has 0 saturated carbocycles. The maximum absolute atomic E-state index is 12.3. The van der Waals surface area contributed by atoms with E-state index in [0.717, 1.165) is 17.9 Å². The summed E-state index contributed by atoms with van der Waals surface area (Å²) >= 11 is 6.33. The third-order valence-electron chi connectivity index (χ3n) is 5.57. The topological polar surface area (TPSA) is 23.1 Å². The van der Waals surface area contributed by atoms with Gasteiger partial charge in [0, 0.05) is 23.8 Å². The van der Waals surface area contributed by atoms with E-state index in [1.165, 1.54) is 22.3 Å². The van der Waals surface area contributed by atoms with E-state index in [9.17, 15) is 5.21 Å². The van der Waals surface area contributed by atoms with Gasteiger partial charge >= 0.3 is 0 Å². The van der Waals surface area contributed by atoms with E-state index in [1.807, 2.05) is 6.07 Å². The van der Waals surface area contributed by atoms with Crippen LogP contribution in [-0.4, -0.2) is 24.8 Å². The summed E-state index contributed by atoms with van der Waals surface area (Å²) in [7, 11) is 1.80. The smallest absolute Gasteiger partial charge is 0.0784 e. The van der Waals surface area contributed by atoms with E-state index < -0.39 is 0 Å². The van der Waals surface area contributed by atoms with Crippen LogP contribution in [0.1, 0.15) is 41.0 Å². The Balaban J connectivity index is 1.82. The number of quaternary nitrogens is 1. The Morgan fingerprint density at radius 2 is 1.62 bits per heavy atom. The number of nitrogens with zero attached hydrogens (tertiary/aromatic N) is 1. The molecule has 2 aromatic carbocycles. The first-order chi connectivity index (χ1) is 11.5. The number of piperidine rings is 1. The Bertz CT molecular complexity index is 786. The molecule has 0 spiro atoms. The Morgan fingerprint density at radius 1 is 0.958 bits per heavy atom. The maximum Gasteiger partial charge on any atom is 0.0784 e. The molecule has 2 nitrogen and oxygen atoms in total. The van der Waals surface area contributed by atoms with Crippen LogP contribution in [-0.2, 0) is 0 Å². The molecular weight excluding hydrogens is 318 g/mol. The van der Waals surface area contributed by atoms with Crippen LogP contribution < -0.4 is 0 Å². The normalized spacial score (nSPS) is 28.8. The standard InChI is InChI=1S/C21H22ClNO/c1-23(24)12-10-17(11-13-23)21-19-5-3-2-4-15(19)6-7-16-8-9-18(22)14-20(16)21/h2-9,14,17,21H,10-13H2,1H3. The van der Waals surface area contributed by atoms with Gasteiger partial charge in [-0.1, -0.05) is 54.1 Å². The second-order valence-corrected chi connectivity index (χ2v) is 7.73. The highest BCUT2D eigenvalue weighted by atomic mass is 35.5. The second-order valence-electron chi connectivity index (χ2n) is 7.29. The first-order valence-electron chi connectivity index (χ1n) is 8.65. The molecule has 24 heavy (non-hydrogen) atoms. The molecule has 2 aliphatic rings. The van der Waals surface area contributed by atoms with Crippen molar-refractivity contribution >= 4 is 23.8 Å². The Kier molecular flexibility index (Phi) is 4.00. The SMILES string of the molecule is C[N+]1([O-])CCC(C2c3ccccc3C=Cc3ccc(Cl)cc32)CC1. The molecule has 1 aliphatic carbocycles. The predicted octanol–water partition coefficient (Wildman–Crippen LogP) is 5.31. The lowest BCUT2D eigenvalue weighted by Crippen LogP contribution is -2.45. The van der Waals surface area contributed by atoms with Crippen molar-refractivity contribution in [3.05, 3.63) is 74.9 Å². The molecule has 1 atom stereocenters. The fourth-order valence-corrected chi connectivity index (χ4v) is 4.42. The molecule has 4 rings (SSSR count). The van der Waals surface area contributed by atoms with Crippen LogP contribution in [0.4, 0.5) is 0 Å². The Labute approximate surface area is 148 Å². The minimum atomic E-state index is -0.106. The highest BCUT2D eigenvalue weighted by Gasteiger charge is 2.34. The summed E-state index contributed by atoms with van der Waals surface area (Å²) in [5.41, 5.74) is 5.18. The van der Waals surface area contributed by atoms with Gasteiger partial charge in [-0.2, -0.15) is 0 Å². The van der Waals surface area contributed by atoms with E-state index in [-0.39, 0.29) is 4.65 Å². The number of hydrogen-bond donors (Lipinski definition) is 0. The lowest BCUT2D eigenvalue weighted by Gasteiger charge is -2.46. The summed E-state index contributed by atoms with van der Waals surface area (Å²) in [4.78, 5) is 0. The Morgan fingerprint density at radius 3 is 2.38 bits per heavy atom. The van der Waals surface area contributed by atoms with Crippen molar-refractivity contribution in [1.29, 1.82) is 0 Å². The van der Waals surface area contributed by atoms with Gasteiger partial charge in [-0.25, -0.2) is 0 Å². The average molecular weight is 340 g/mol. The van der Waals surface area contributed by atoms with Gasteiger partial charge in [-0.15, -0.1) is 0 Å². The zero-order valence-corrected chi connectivity index (χ0v) is 14.7. The minimum absolute atomic E-state index is 0.106. The fraction of sp³-hybridized carbons (Fsp3) is 0.333. The summed E-state index contributed by atoms with van der Waals surface area (Å²) in [5, 5.41) is 13.1. The number of likely N-dealkylation sites (tertiary alicyclic amines) is 1. The van der Waals surface area contributed by atoms with Crippen molar-refractivity contribution in [3.8, 4) is 0 Å². The highest BCUT2D eigenvalue weighted by molar-refractivity contribution is 6.30. The molecule has 0 radical (unpaired) electrons. The second kappa shape index (κ2) is 6.03. The molecule has 124 valence electrons. The summed E-state index contributed by atoms with van der Waals surface area (Å²) in [5.74, 6) is 0.800. The van der Waals surface area contributed by atoms with Crippen LogP contribution in [0.25, 0.3) is 12.2 Å². The molecule has 1 heterocycles. The van der Waals surface area contributed by atoms with Crippen molar-refractivity contribution in [3.63, 3.8) is 0 Å². The Hall–Kier alpha value is -1.61. The molecule has 2 aromatic rings. The van der Waals surface area contributed by atoms with Gasteiger partial charge in [-0.05, 0) is 40.3 Å². The molecule has 1 aliphatic heterocycles. The molecule has 1 fully saturated rings. The zero-order valence-electron chi connectivity index (χ0n) is 13.9. The van der Waals surface area contributed by atoms with Crippen molar-refractivity contribution in [1.82, 2.24) is 0 Å². The minimum Gasteiger partial charge on any atom is -0.633 e. The van der Waals surface area contributed by atoms with Crippen LogP contribution in [0.15, 0.2) is 42.5 Å². The lowest BCUT2D eigenvalue weighted by molar-refractivity contribution is -0.867. The summed E-state index contributed by atoms with van der Waals surface area (Å²) in [6.45, 7) is 1.40. The quantitative estimate of drug-likeness (QED) is 0.510. The first-order valence-corrected chi connectivity index (χ1v) is 9.03. The molecular formula is C21H22ClNO. The van der Waals surface area contributed by atoms with E-state index in [1.54, 1.807) is 7.05 Å². The van der Waals surface area contributed by atoms with Gasteiger partial charge in [-0.3, -0.25) is 0 Å². The number of hydroxylamine groups is 3. The van der Waals surface area contributed by atoms with Gasteiger partial charge in [0.1, 0.15) is 0 Å². The fourth-order valence-electron chi connectivity index (χ4n) is 4.23. The van der Waals surface area contributed by atoms with E-state index in [4.69, 9.17) is 11.6 Å². The van der Waals surface area contributed by atoms with Crippen molar-refractivity contribution < 1.29 is 4.65 Å². The van der Waals surface area contributed by atoms with E-state index in [2.05, 4.69) is 48.6 Å². The van der Waals surface area contributed by atoms with Gasteiger partial charge < -0.3 is 9.85 Å². The third kappa shape index (κ3) is 2.90. The first kappa shape index (κ1) is 15.9. The third-order valence-corrected chi connectivity index (χ3v) is 5.81. The van der Waals surface area contributed by atoms with Crippen LogP contribution in [0.2, 0.25) is 5.02 Å². The molecule has 1 unspecified atom stereocenters.